The third-order valence-corrected chi connectivity index (χ3v) is 2.71. The Morgan fingerprint density at radius 3 is 2.58 bits per heavy atom. The first-order valence-electron chi connectivity index (χ1n) is 5.63. The number of rotatable bonds is 5. The molecule has 0 fully saturated rings. The Bertz CT molecular complexity index is 482. The maximum absolute atomic E-state index is 12.2. The van der Waals surface area contributed by atoms with Crippen LogP contribution in [0.25, 0.3) is 0 Å². The molecule has 104 valence electrons. The van der Waals surface area contributed by atoms with Crippen LogP contribution >= 0.6 is 23.2 Å². The van der Waals surface area contributed by atoms with Gasteiger partial charge in [-0.25, -0.2) is 0 Å². The van der Waals surface area contributed by atoms with Crippen LogP contribution in [0.15, 0.2) is 6.07 Å². The zero-order valence-electron chi connectivity index (χ0n) is 10.5. The first-order chi connectivity index (χ1) is 8.99. The number of amides is 1. The van der Waals surface area contributed by atoms with Gasteiger partial charge in [-0.2, -0.15) is 0 Å². The summed E-state index contributed by atoms with van der Waals surface area (Å²) in [5, 5.41) is 7.07. The van der Waals surface area contributed by atoms with Crippen LogP contribution in [-0.4, -0.2) is 46.7 Å². The maximum Gasteiger partial charge on any atom is 0.325 e. The molecular weight excluding hydrogens is 293 g/mol. The predicted octanol–water partition coefficient (Wildman–Crippen LogP) is 1.81. The highest BCUT2D eigenvalue weighted by Crippen LogP contribution is 2.17. The van der Waals surface area contributed by atoms with E-state index in [1.807, 2.05) is 0 Å². The van der Waals surface area contributed by atoms with Gasteiger partial charge in [0.15, 0.2) is 10.3 Å². The van der Waals surface area contributed by atoms with E-state index in [-0.39, 0.29) is 29.0 Å². The number of hydrogen-bond donors (Lipinski definition) is 0. The van der Waals surface area contributed by atoms with E-state index in [9.17, 15) is 9.59 Å². The Labute approximate surface area is 120 Å². The second-order valence-corrected chi connectivity index (χ2v) is 4.24. The van der Waals surface area contributed by atoms with Crippen molar-refractivity contribution in [3.63, 3.8) is 0 Å². The van der Waals surface area contributed by atoms with E-state index >= 15 is 0 Å². The third kappa shape index (κ3) is 4.33. The van der Waals surface area contributed by atoms with E-state index in [0.717, 1.165) is 0 Å². The maximum atomic E-state index is 12.2. The number of esters is 1. The largest absolute Gasteiger partial charge is 0.465 e. The van der Waals surface area contributed by atoms with Crippen LogP contribution in [0.2, 0.25) is 10.3 Å². The molecule has 0 saturated carbocycles. The van der Waals surface area contributed by atoms with Crippen LogP contribution in [0.5, 0.6) is 0 Å². The Kier molecular flexibility index (Phi) is 5.98. The molecule has 1 aromatic rings. The third-order valence-electron chi connectivity index (χ3n) is 2.24. The lowest BCUT2D eigenvalue weighted by molar-refractivity contribution is -0.143. The summed E-state index contributed by atoms with van der Waals surface area (Å²) >= 11 is 11.5. The topological polar surface area (TPSA) is 72.4 Å². The van der Waals surface area contributed by atoms with Crippen molar-refractivity contribution in [1.82, 2.24) is 15.1 Å². The van der Waals surface area contributed by atoms with Crippen molar-refractivity contribution in [1.29, 1.82) is 0 Å². The number of hydrogen-bond acceptors (Lipinski definition) is 5. The Hall–Kier alpha value is -1.40. The Morgan fingerprint density at radius 1 is 1.32 bits per heavy atom. The number of carbonyl (C=O) groups is 2. The number of likely N-dealkylation sites (N-methyl/N-ethyl adjacent to an activating group) is 1. The highest BCUT2D eigenvalue weighted by molar-refractivity contribution is 6.34. The molecule has 0 aliphatic heterocycles. The molecule has 1 heterocycles. The highest BCUT2D eigenvalue weighted by atomic mass is 35.5. The number of carbonyl (C=O) groups excluding carboxylic acids is 2. The minimum Gasteiger partial charge on any atom is -0.465 e. The number of halogens is 2. The van der Waals surface area contributed by atoms with Gasteiger partial charge in [-0.3, -0.25) is 9.59 Å². The van der Waals surface area contributed by atoms with E-state index in [4.69, 9.17) is 27.9 Å². The van der Waals surface area contributed by atoms with Gasteiger partial charge in [-0.1, -0.05) is 23.2 Å². The fourth-order valence-electron chi connectivity index (χ4n) is 1.36. The van der Waals surface area contributed by atoms with Crippen LogP contribution in [0.3, 0.4) is 0 Å². The van der Waals surface area contributed by atoms with E-state index in [0.29, 0.717) is 6.54 Å². The predicted molar refractivity (Wildman–Crippen MR) is 70.3 cm³/mol. The van der Waals surface area contributed by atoms with Gasteiger partial charge < -0.3 is 9.64 Å². The summed E-state index contributed by atoms with van der Waals surface area (Å²) in [5.41, 5.74) is 0.104. The minimum atomic E-state index is -0.484. The van der Waals surface area contributed by atoms with E-state index in [2.05, 4.69) is 10.2 Å². The molecule has 1 amide bonds. The van der Waals surface area contributed by atoms with Crippen LogP contribution in [0, 0.1) is 0 Å². The molecule has 0 aromatic carbocycles. The van der Waals surface area contributed by atoms with Gasteiger partial charge in [-0.05, 0) is 19.9 Å². The van der Waals surface area contributed by atoms with Crippen molar-refractivity contribution in [2.75, 3.05) is 19.7 Å². The Balaban J connectivity index is 2.89. The molecule has 0 aliphatic carbocycles. The summed E-state index contributed by atoms with van der Waals surface area (Å²) in [5.74, 6) is -0.931. The molecule has 0 atom stereocenters. The van der Waals surface area contributed by atoms with Gasteiger partial charge in [0.05, 0.1) is 12.2 Å². The van der Waals surface area contributed by atoms with Gasteiger partial charge >= 0.3 is 5.97 Å². The molecule has 6 nitrogen and oxygen atoms in total. The molecule has 0 bridgehead atoms. The van der Waals surface area contributed by atoms with Gasteiger partial charge in [-0.15, -0.1) is 10.2 Å². The minimum absolute atomic E-state index is 0.0555. The van der Waals surface area contributed by atoms with E-state index < -0.39 is 11.9 Å². The molecule has 0 N–H and O–H groups in total. The second kappa shape index (κ2) is 7.25. The van der Waals surface area contributed by atoms with Crippen LogP contribution in [0.1, 0.15) is 24.2 Å². The van der Waals surface area contributed by atoms with Crippen LogP contribution < -0.4 is 0 Å². The van der Waals surface area contributed by atoms with Crippen molar-refractivity contribution >= 4 is 35.1 Å². The van der Waals surface area contributed by atoms with Gasteiger partial charge in [0.25, 0.3) is 5.91 Å². The van der Waals surface area contributed by atoms with E-state index in [1.165, 1.54) is 11.0 Å². The molecule has 0 saturated heterocycles. The lowest BCUT2D eigenvalue weighted by atomic mass is 10.2. The van der Waals surface area contributed by atoms with Crippen molar-refractivity contribution in [3.8, 4) is 0 Å². The first kappa shape index (κ1) is 15.7. The average molecular weight is 306 g/mol. The van der Waals surface area contributed by atoms with Crippen molar-refractivity contribution in [3.05, 3.63) is 21.9 Å². The van der Waals surface area contributed by atoms with Gasteiger partial charge in [0.1, 0.15) is 6.54 Å². The van der Waals surface area contributed by atoms with Crippen LogP contribution in [0.4, 0.5) is 0 Å². The molecule has 0 spiro atoms. The summed E-state index contributed by atoms with van der Waals surface area (Å²) in [6.07, 6.45) is 0. The summed E-state index contributed by atoms with van der Waals surface area (Å²) in [4.78, 5) is 24.9. The van der Waals surface area contributed by atoms with Crippen LogP contribution in [-0.2, 0) is 9.53 Å². The molecule has 1 rings (SSSR count). The molecule has 0 radical (unpaired) electrons. The first-order valence-corrected chi connectivity index (χ1v) is 6.38. The average Bonchev–Trinajstić information content (AvgIpc) is 2.38. The lowest BCUT2D eigenvalue weighted by Gasteiger charge is -2.19. The second-order valence-electron chi connectivity index (χ2n) is 3.50. The zero-order chi connectivity index (χ0) is 14.4. The van der Waals surface area contributed by atoms with Gasteiger partial charge in [0, 0.05) is 6.54 Å². The van der Waals surface area contributed by atoms with Gasteiger partial charge in [0.2, 0.25) is 0 Å². The summed E-state index contributed by atoms with van der Waals surface area (Å²) in [7, 11) is 0. The number of nitrogens with zero attached hydrogens (tertiary/aromatic N) is 3. The van der Waals surface area contributed by atoms with Crippen molar-refractivity contribution in [2.45, 2.75) is 13.8 Å². The summed E-state index contributed by atoms with van der Waals surface area (Å²) < 4.78 is 4.79. The van der Waals surface area contributed by atoms with E-state index in [1.54, 1.807) is 13.8 Å². The lowest BCUT2D eigenvalue weighted by Crippen LogP contribution is -2.36. The quantitative estimate of drug-likeness (QED) is 0.776. The fourth-order valence-corrected chi connectivity index (χ4v) is 1.68. The molecule has 19 heavy (non-hydrogen) atoms. The summed E-state index contributed by atoms with van der Waals surface area (Å²) in [6, 6.07) is 1.31. The SMILES string of the molecule is CCOC(=O)CN(CC)C(=O)c1cc(Cl)nnc1Cl. The summed E-state index contributed by atoms with van der Waals surface area (Å²) in [6.45, 7) is 3.86. The highest BCUT2D eigenvalue weighted by Gasteiger charge is 2.21. The number of aromatic nitrogens is 2. The molecule has 1 aromatic heterocycles. The molecule has 0 aliphatic rings. The molecular formula is C11H13Cl2N3O3. The standard InChI is InChI=1S/C11H13Cl2N3O3/c1-3-16(6-9(17)19-4-2)11(18)7-5-8(12)14-15-10(7)13/h5H,3-4,6H2,1-2H3. The number of ether oxygens (including phenoxy) is 1. The molecule has 0 unspecified atom stereocenters. The monoisotopic (exact) mass is 305 g/mol. The zero-order valence-corrected chi connectivity index (χ0v) is 12.0. The fraction of sp³-hybridized carbons (Fsp3) is 0.455. The smallest absolute Gasteiger partial charge is 0.325 e. The van der Waals surface area contributed by atoms with Crippen molar-refractivity contribution < 1.29 is 14.3 Å². The Morgan fingerprint density at radius 2 is 2.00 bits per heavy atom. The normalized spacial score (nSPS) is 10.1. The molecule has 8 heteroatoms. The van der Waals surface area contributed by atoms with Crippen molar-refractivity contribution in [2.24, 2.45) is 0 Å².